The molecule has 0 aliphatic carbocycles. The molecule has 0 aliphatic heterocycles. The molecular weight excluding hydrogens is 414 g/mol. The molecule has 0 aliphatic rings. The van der Waals surface area contributed by atoms with E-state index in [1.807, 2.05) is 61.5 Å². The van der Waals surface area contributed by atoms with Crippen molar-refractivity contribution < 1.29 is 14.3 Å². The van der Waals surface area contributed by atoms with Crippen LogP contribution in [0.15, 0.2) is 77.9 Å². The second kappa shape index (κ2) is 10.9. The third-order valence-electron chi connectivity index (χ3n) is 4.31. The van der Waals surface area contributed by atoms with Gasteiger partial charge in [0.1, 0.15) is 18.8 Å². The van der Waals surface area contributed by atoms with E-state index in [2.05, 4.69) is 15.8 Å². The Morgan fingerprint density at radius 3 is 2.45 bits per heavy atom. The standard InChI is InChI=1S/C24H22ClN3O3/c1-17-7-10-20(13-22(17)25)27-23(29)14-24(30)28-26-15-18-8-11-21(12-9-18)31-16-19-5-3-2-4-6-19/h2-13,15H,14,16H2,1H3,(H,27,29)(H,28,30). The molecule has 3 rings (SSSR count). The van der Waals surface area contributed by atoms with Gasteiger partial charge in [-0.15, -0.1) is 0 Å². The van der Waals surface area contributed by atoms with E-state index < -0.39 is 11.8 Å². The third-order valence-corrected chi connectivity index (χ3v) is 4.72. The maximum Gasteiger partial charge on any atom is 0.249 e. The normalized spacial score (nSPS) is 10.6. The van der Waals surface area contributed by atoms with Crippen molar-refractivity contribution in [1.82, 2.24) is 5.43 Å². The first-order valence-corrected chi connectivity index (χ1v) is 10.0. The number of benzene rings is 3. The molecular formula is C24H22ClN3O3. The summed E-state index contributed by atoms with van der Waals surface area (Å²) in [6, 6.07) is 22.3. The van der Waals surface area contributed by atoms with E-state index in [4.69, 9.17) is 16.3 Å². The molecule has 3 aromatic rings. The van der Waals surface area contributed by atoms with Crippen molar-refractivity contribution >= 4 is 35.3 Å². The fourth-order valence-electron chi connectivity index (χ4n) is 2.63. The van der Waals surface area contributed by atoms with Crippen LogP contribution in [-0.4, -0.2) is 18.0 Å². The van der Waals surface area contributed by atoms with Crippen molar-refractivity contribution in [2.75, 3.05) is 5.32 Å². The minimum absolute atomic E-state index is 0.352. The summed E-state index contributed by atoms with van der Waals surface area (Å²) in [7, 11) is 0. The van der Waals surface area contributed by atoms with Crippen LogP contribution >= 0.6 is 11.6 Å². The molecule has 0 bridgehead atoms. The number of aryl methyl sites for hydroxylation is 1. The number of amides is 2. The number of hydrazone groups is 1. The fourth-order valence-corrected chi connectivity index (χ4v) is 2.81. The van der Waals surface area contributed by atoms with E-state index in [-0.39, 0.29) is 6.42 Å². The zero-order valence-corrected chi connectivity index (χ0v) is 17.7. The van der Waals surface area contributed by atoms with Gasteiger partial charge in [0.05, 0.1) is 6.21 Å². The maximum absolute atomic E-state index is 12.0. The molecule has 0 heterocycles. The van der Waals surface area contributed by atoms with Crippen molar-refractivity contribution in [3.05, 3.63) is 94.5 Å². The largest absolute Gasteiger partial charge is 0.489 e. The van der Waals surface area contributed by atoms with Crippen LogP contribution in [0.4, 0.5) is 5.69 Å². The zero-order chi connectivity index (χ0) is 22.1. The molecule has 0 fully saturated rings. The molecule has 0 saturated heterocycles. The summed E-state index contributed by atoms with van der Waals surface area (Å²) in [5, 5.41) is 7.06. The van der Waals surface area contributed by atoms with Gasteiger partial charge in [0.2, 0.25) is 11.8 Å². The number of nitrogens with one attached hydrogen (secondary N) is 2. The fraction of sp³-hybridized carbons (Fsp3) is 0.125. The van der Waals surface area contributed by atoms with E-state index in [9.17, 15) is 9.59 Å². The molecule has 0 aromatic heterocycles. The predicted octanol–water partition coefficient (Wildman–Crippen LogP) is 4.71. The highest BCUT2D eigenvalue weighted by atomic mass is 35.5. The van der Waals surface area contributed by atoms with Gasteiger partial charge >= 0.3 is 0 Å². The summed E-state index contributed by atoms with van der Waals surface area (Å²) < 4.78 is 5.73. The van der Waals surface area contributed by atoms with Crippen LogP contribution < -0.4 is 15.5 Å². The Bertz CT molecular complexity index is 1070. The summed E-state index contributed by atoms with van der Waals surface area (Å²) in [4.78, 5) is 23.9. The molecule has 0 saturated carbocycles. The Labute approximate surface area is 185 Å². The number of anilines is 1. The average molecular weight is 436 g/mol. The lowest BCUT2D eigenvalue weighted by Crippen LogP contribution is -2.24. The van der Waals surface area contributed by atoms with Crippen LogP contribution in [-0.2, 0) is 16.2 Å². The molecule has 2 N–H and O–H groups in total. The summed E-state index contributed by atoms with van der Waals surface area (Å²) >= 11 is 6.03. The highest BCUT2D eigenvalue weighted by Crippen LogP contribution is 2.20. The van der Waals surface area contributed by atoms with E-state index in [0.29, 0.717) is 17.3 Å². The number of rotatable bonds is 8. The number of ether oxygens (including phenoxy) is 1. The Morgan fingerprint density at radius 1 is 1.00 bits per heavy atom. The van der Waals surface area contributed by atoms with Crippen molar-refractivity contribution in [2.45, 2.75) is 20.0 Å². The molecule has 0 spiro atoms. The second-order valence-electron chi connectivity index (χ2n) is 6.83. The van der Waals surface area contributed by atoms with Gasteiger partial charge in [-0.1, -0.05) is 48.0 Å². The van der Waals surface area contributed by atoms with Gasteiger partial charge in [-0.2, -0.15) is 5.10 Å². The van der Waals surface area contributed by atoms with Crippen molar-refractivity contribution in [3.8, 4) is 5.75 Å². The van der Waals surface area contributed by atoms with E-state index in [1.165, 1.54) is 6.21 Å². The van der Waals surface area contributed by atoms with Gasteiger partial charge in [0, 0.05) is 10.7 Å². The smallest absolute Gasteiger partial charge is 0.249 e. The van der Waals surface area contributed by atoms with Gasteiger partial charge in [-0.3, -0.25) is 9.59 Å². The van der Waals surface area contributed by atoms with E-state index >= 15 is 0 Å². The molecule has 6 nitrogen and oxygen atoms in total. The average Bonchev–Trinajstić information content (AvgIpc) is 2.76. The first-order chi connectivity index (χ1) is 15.0. The second-order valence-corrected chi connectivity index (χ2v) is 7.23. The Morgan fingerprint density at radius 2 is 1.74 bits per heavy atom. The lowest BCUT2D eigenvalue weighted by molar-refractivity contribution is -0.126. The highest BCUT2D eigenvalue weighted by molar-refractivity contribution is 6.31. The van der Waals surface area contributed by atoms with Crippen LogP contribution in [0.3, 0.4) is 0 Å². The van der Waals surface area contributed by atoms with Gasteiger partial charge in [-0.05, 0) is 60.0 Å². The number of carbonyl (C=O) groups excluding carboxylic acids is 2. The molecule has 0 unspecified atom stereocenters. The van der Waals surface area contributed by atoms with Crippen molar-refractivity contribution in [2.24, 2.45) is 5.10 Å². The number of carbonyl (C=O) groups is 2. The minimum Gasteiger partial charge on any atom is -0.489 e. The first kappa shape index (κ1) is 22.1. The van der Waals surface area contributed by atoms with E-state index in [1.54, 1.807) is 18.2 Å². The summed E-state index contributed by atoms with van der Waals surface area (Å²) in [5.41, 5.74) is 5.65. The highest BCUT2D eigenvalue weighted by Gasteiger charge is 2.09. The molecule has 2 amide bonds. The van der Waals surface area contributed by atoms with Crippen LogP contribution in [0, 0.1) is 6.92 Å². The lowest BCUT2D eigenvalue weighted by Gasteiger charge is -2.06. The van der Waals surface area contributed by atoms with Crippen LogP contribution in [0.25, 0.3) is 0 Å². The summed E-state index contributed by atoms with van der Waals surface area (Å²) in [6.45, 7) is 2.35. The quantitative estimate of drug-likeness (QED) is 0.305. The van der Waals surface area contributed by atoms with Crippen molar-refractivity contribution in [1.29, 1.82) is 0 Å². The molecule has 0 radical (unpaired) electrons. The van der Waals surface area contributed by atoms with Crippen LogP contribution in [0.2, 0.25) is 5.02 Å². The minimum atomic E-state index is -0.519. The predicted molar refractivity (Wildman–Crippen MR) is 122 cm³/mol. The molecule has 3 aromatic carbocycles. The first-order valence-electron chi connectivity index (χ1n) is 9.64. The molecule has 0 atom stereocenters. The van der Waals surface area contributed by atoms with Gasteiger partial charge in [-0.25, -0.2) is 5.43 Å². The third kappa shape index (κ3) is 7.28. The number of hydrogen-bond acceptors (Lipinski definition) is 4. The summed E-state index contributed by atoms with van der Waals surface area (Å²) in [6.07, 6.45) is 1.14. The Balaban J connectivity index is 1.42. The molecule has 31 heavy (non-hydrogen) atoms. The topological polar surface area (TPSA) is 79.8 Å². The lowest BCUT2D eigenvalue weighted by atomic mass is 10.2. The zero-order valence-electron chi connectivity index (χ0n) is 17.0. The van der Waals surface area contributed by atoms with E-state index in [0.717, 1.165) is 22.4 Å². The maximum atomic E-state index is 12.0. The van der Waals surface area contributed by atoms with Crippen LogP contribution in [0.5, 0.6) is 5.75 Å². The van der Waals surface area contributed by atoms with Gasteiger partial charge in [0.25, 0.3) is 0 Å². The van der Waals surface area contributed by atoms with Crippen LogP contribution in [0.1, 0.15) is 23.1 Å². The number of nitrogens with zero attached hydrogens (tertiary/aromatic N) is 1. The molecule has 7 heteroatoms. The Hall–Kier alpha value is -3.64. The Kier molecular flexibility index (Phi) is 7.79. The van der Waals surface area contributed by atoms with Crippen molar-refractivity contribution in [3.63, 3.8) is 0 Å². The van der Waals surface area contributed by atoms with Gasteiger partial charge in [0.15, 0.2) is 0 Å². The van der Waals surface area contributed by atoms with Gasteiger partial charge < -0.3 is 10.1 Å². The number of hydrogen-bond donors (Lipinski definition) is 2. The molecule has 158 valence electrons. The monoisotopic (exact) mass is 435 g/mol. The summed E-state index contributed by atoms with van der Waals surface area (Å²) in [5.74, 6) is -0.236. The SMILES string of the molecule is Cc1ccc(NC(=O)CC(=O)NN=Cc2ccc(OCc3ccccc3)cc2)cc1Cl. The number of halogens is 1.